The monoisotopic (exact) mass is 269 g/mol. The van der Waals surface area contributed by atoms with Crippen LogP contribution < -0.4 is 4.74 Å². The van der Waals surface area contributed by atoms with Gasteiger partial charge in [-0.15, -0.1) is 13.2 Å². The molecule has 0 aliphatic heterocycles. The lowest BCUT2D eigenvalue weighted by Crippen LogP contribution is -2.17. The summed E-state index contributed by atoms with van der Waals surface area (Å²) >= 11 is 2.89. The third-order valence-corrected chi connectivity index (χ3v) is 1.86. The lowest BCUT2D eigenvalue weighted by Gasteiger charge is -2.08. The Morgan fingerprint density at radius 3 is 2.64 bits per heavy atom. The first kappa shape index (κ1) is 11.0. The third-order valence-electron chi connectivity index (χ3n) is 1.20. The summed E-state index contributed by atoms with van der Waals surface area (Å²) in [5.41, 5.74) is -0.00764. The van der Waals surface area contributed by atoms with Crippen molar-refractivity contribution in [2.75, 3.05) is 0 Å². The van der Waals surface area contributed by atoms with Crippen LogP contribution in [0.4, 0.5) is 13.2 Å². The van der Waals surface area contributed by atoms with E-state index >= 15 is 0 Å². The Hall–Kier alpha value is -1.11. The summed E-state index contributed by atoms with van der Waals surface area (Å²) in [5, 5.41) is 0. The van der Waals surface area contributed by atoms with Crippen LogP contribution in [0.3, 0.4) is 0 Å². The Balaban J connectivity index is 2.95. The minimum absolute atomic E-state index is 0.00764. The summed E-state index contributed by atoms with van der Waals surface area (Å²) in [6.45, 7) is 0. The Bertz CT molecular complexity index is 353. The van der Waals surface area contributed by atoms with E-state index in [1.54, 1.807) is 0 Å². The molecule has 0 unspecified atom stereocenters. The Kier molecular flexibility index (Phi) is 3.10. The largest absolute Gasteiger partial charge is 0.573 e. The molecule has 0 radical (unpaired) electrons. The Labute approximate surface area is 85.0 Å². The van der Waals surface area contributed by atoms with Gasteiger partial charge in [0.15, 0.2) is 6.29 Å². The van der Waals surface area contributed by atoms with Crippen molar-refractivity contribution in [3.8, 4) is 5.75 Å². The summed E-state index contributed by atoms with van der Waals surface area (Å²) < 4.78 is 38.9. The number of ether oxygens (including phenoxy) is 1. The number of alkyl halides is 3. The van der Waals surface area contributed by atoms with Gasteiger partial charge >= 0.3 is 6.36 Å². The van der Waals surface area contributed by atoms with Gasteiger partial charge in [-0.25, -0.2) is 4.98 Å². The molecule has 1 aromatic heterocycles. The van der Waals surface area contributed by atoms with E-state index in [1.165, 1.54) is 0 Å². The van der Waals surface area contributed by atoms with E-state index in [1.807, 2.05) is 0 Å². The summed E-state index contributed by atoms with van der Waals surface area (Å²) in [6.07, 6.45) is -3.54. The molecule has 0 N–H and O–H groups in total. The van der Waals surface area contributed by atoms with Crippen molar-refractivity contribution in [2.45, 2.75) is 6.36 Å². The Morgan fingerprint density at radius 2 is 2.14 bits per heavy atom. The van der Waals surface area contributed by atoms with E-state index in [-0.39, 0.29) is 10.2 Å². The third kappa shape index (κ3) is 2.99. The summed E-state index contributed by atoms with van der Waals surface area (Å²) in [7, 11) is 0. The molecule has 1 aromatic rings. The zero-order chi connectivity index (χ0) is 10.8. The van der Waals surface area contributed by atoms with Crippen LogP contribution in [0.5, 0.6) is 5.75 Å². The number of nitrogens with zero attached hydrogens (tertiary/aromatic N) is 1. The van der Waals surface area contributed by atoms with Gasteiger partial charge in [0, 0.05) is 0 Å². The molecule has 14 heavy (non-hydrogen) atoms. The van der Waals surface area contributed by atoms with Gasteiger partial charge in [0.1, 0.15) is 10.4 Å². The van der Waals surface area contributed by atoms with Gasteiger partial charge in [-0.05, 0) is 22.0 Å². The molecule has 0 atom stereocenters. The van der Waals surface area contributed by atoms with Crippen LogP contribution in [-0.2, 0) is 0 Å². The van der Waals surface area contributed by atoms with Crippen molar-refractivity contribution in [3.63, 3.8) is 0 Å². The summed E-state index contributed by atoms with van der Waals surface area (Å²) in [4.78, 5) is 13.8. The van der Waals surface area contributed by atoms with Crippen molar-refractivity contribution >= 4 is 22.2 Å². The number of rotatable bonds is 2. The molecule has 3 nitrogen and oxygen atoms in total. The lowest BCUT2D eigenvalue weighted by atomic mass is 10.3. The molecule has 0 aliphatic rings. The van der Waals surface area contributed by atoms with Crippen molar-refractivity contribution in [3.05, 3.63) is 22.4 Å². The molecule has 0 spiro atoms. The van der Waals surface area contributed by atoms with Crippen molar-refractivity contribution in [1.82, 2.24) is 4.98 Å². The second-order valence-electron chi connectivity index (χ2n) is 2.22. The van der Waals surface area contributed by atoms with Gasteiger partial charge < -0.3 is 4.74 Å². The number of hydrogen-bond donors (Lipinski definition) is 0. The lowest BCUT2D eigenvalue weighted by molar-refractivity contribution is -0.274. The first-order valence-electron chi connectivity index (χ1n) is 3.29. The predicted molar refractivity (Wildman–Crippen MR) is 44.0 cm³/mol. The number of aldehydes is 1. The molecule has 7 heteroatoms. The minimum atomic E-state index is -4.78. The summed E-state index contributed by atoms with van der Waals surface area (Å²) in [5.74, 6) is -0.525. The number of pyridine rings is 1. The molecular weight excluding hydrogens is 267 g/mol. The smallest absolute Gasteiger partial charge is 0.404 e. The van der Waals surface area contributed by atoms with E-state index in [0.29, 0.717) is 6.29 Å². The molecule has 0 saturated carbocycles. The molecule has 1 heterocycles. The maximum absolute atomic E-state index is 11.7. The average Bonchev–Trinajstić information content (AvgIpc) is 2.06. The van der Waals surface area contributed by atoms with Crippen LogP contribution in [0.2, 0.25) is 0 Å². The Morgan fingerprint density at radius 1 is 1.50 bits per heavy atom. The molecule has 0 aromatic carbocycles. The first-order valence-corrected chi connectivity index (χ1v) is 4.08. The number of halogens is 4. The van der Waals surface area contributed by atoms with Crippen LogP contribution in [0.25, 0.3) is 0 Å². The van der Waals surface area contributed by atoms with Crippen LogP contribution >= 0.6 is 15.9 Å². The number of carbonyl (C=O) groups excluding carboxylic acids is 1. The minimum Gasteiger partial charge on any atom is -0.404 e. The maximum Gasteiger partial charge on any atom is 0.573 e. The van der Waals surface area contributed by atoms with E-state index < -0.39 is 12.1 Å². The van der Waals surface area contributed by atoms with Crippen molar-refractivity contribution in [2.24, 2.45) is 0 Å². The van der Waals surface area contributed by atoms with Gasteiger partial charge in [-0.3, -0.25) is 4.79 Å². The van der Waals surface area contributed by atoms with Crippen LogP contribution in [-0.4, -0.2) is 17.6 Å². The zero-order valence-corrected chi connectivity index (χ0v) is 8.09. The maximum atomic E-state index is 11.7. The average molecular weight is 270 g/mol. The highest BCUT2D eigenvalue weighted by molar-refractivity contribution is 9.10. The first-order chi connectivity index (χ1) is 6.42. The predicted octanol–water partition coefficient (Wildman–Crippen LogP) is 2.56. The number of hydrogen-bond acceptors (Lipinski definition) is 3. The molecule has 0 aliphatic carbocycles. The van der Waals surface area contributed by atoms with E-state index in [4.69, 9.17) is 0 Å². The van der Waals surface area contributed by atoms with Crippen molar-refractivity contribution < 1.29 is 22.7 Å². The second kappa shape index (κ2) is 3.95. The highest BCUT2D eigenvalue weighted by Crippen LogP contribution is 2.24. The second-order valence-corrected chi connectivity index (χ2v) is 2.97. The molecule has 0 amide bonds. The molecule has 0 fully saturated rings. The summed E-state index contributed by atoms with van der Waals surface area (Å²) in [6, 6.07) is 0.942. The van der Waals surface area contributed by atoms with E-state index in [0.717, 1.165) is 12.3 Å². The standard InChI is InChI=1S/C7H3BrF3NO2/c8-6-4(3-13)1-5(2-12-6)14-7(9,10)11/h1-3H. The SMILES string of the molecule is O=Cc1cc(OC(F)(F)F)cnc1Br. The van der Waals surface area contributed by atoms with Crippen LogP contribution in [0, 0.1) is 0 Å². The fraction of sp³-hybridized carbons (Fsp3) is 0.143. The van der Waals surface area contributed by atoms with Gasteiger partial charge in [-0.2, -0.15) is 0 Å². The number of carbonyl (C=O) groups is 1. The van der Waals surface area contributed by atoms with E-state index in [2.05, 4.69) is 25.7 Å². The van der Waals surface area contributed by atoms with Crippen LogP contribution in [0.1, 0.15) is 10.4 Å². The van der Waals surface area contributed by atoms with Gasteiger partial charge in [0.05, 0.1) is 11.8 Å². The molecule has 76 valence electrons. The highest BCUT2D eigenvalue weighted by Gasteiger charge is 2.31. The van der Waals surface area contributed by atoms with Crippen molar-refractivity contribution in [1.29, 1.82) is 0 Å². The number of aromatic nitrogens is 1. The van der Waals surface area contributed by atoms with Crippen LogP contribution in [0.15, 0.2) is 16.9 Å². The van der Waals surface area contributed by atoms with Gasteiger partial charge in [0.25, 0.3) is 0 Å². The quantitative estimate of drug-likeness (QED) is 0.612. The topological polar surface area (TPSA) is 39.2 Å². The molecule has 1 rings (SSSR count). The van der Waals surface area contributed by atoms with Gasteiger partial charge in [0.2, 0.25) is 0 Å². The fourth-order valence-corrected chi connectivity index (χ4v) is 1.03. The zero-order valence-electron chi connectivity index (χ0n) is 6.51. The molecule has 0 saturated heterocycles. The molecule has 0 bridgehead atoms. The fourth-order valence-electron chi connectivity index (χ4n) is 0.717. The molecular formula is C7H3BrF3NO2. The van der Waals surface area contributed by atoms with E-state index in [9.17, 15) is 18.0 Å². The normalized spacial score (nSPS) is 11.1. The highest BCUT2D eigenvalue weighted by atomic mass is 79.9. The van der Waals surface area contributed by atoms with Gasteiger partial charge in [-0.1, -0.05) is 0 Å².